The Morgan fingerprint density at radius 1 is 1.50 bits per heavy atom. The van der Waals surface area contributed by atoms with Crippen molar-refractivity contribution in [2.75, 3.05) is 13.2 Å². The molecule has 14 heavy (non-hydrogen) atoms. The van der Waals surface area contributed by atoms with Crippen molar-refractivity contribution in [1.29, 1.82) is 0 Å². The highest BCUT2D eigenvalue weighted by atomic mass is 16.5. The molecular formula is C11H15NO2. The highest BCUT2D eigenvalue weighted by molar-refractivity contribution is 5.13. The molecular weight excluding hydrogens is 178 g/mol. The van der Waals surface area contributed by atoms with Crippen LogP contribution in [0.1, 0.15) is 17.7 Å². The summed E-state index contributed by atoms with van der Waals surface area (Å²) in [4.78, 5) is 4.30. The van der Waals surface area contributed by atoms with Crippen molar-refractivity contribution in [2.24, 2.45) is 5.92 Å². The summed E-state index contributed by atoms with van der Waals surface area (Å²) in [6, 6.07) is 3.92. The molecule has 0 spiro atoms. The van der Waals surface area contributed by atoms with Crippen molar-refractivity contribution in [3.05, 3.63) is 29.6 Å². The molecule has 1 aromatic heterocycles. The summed E-state index contributed by atoms with van der Waals surface area (Å²) in [5, 5.41) is 8.85. The van der Waals surface area contributed by atoms with Crippen molar-refractivity contribution in [2.45, 2.75) is 19.4 Å². The molecule has 0 aliphatic carbocycles. The number of ether oxygens (including phenoxy) is 1. The number of aromatic nitrogens is 1. The molecule has 0 aromatic carbocycles. The second kappa shape index (κ2) is 4.53. The summed E-state index contributed by atoms with van der Waals surface area (Å²) < 4.78 is 5.31. The number of hydrogen-bond acceptors (Lipinski definition) is 3. The molecule has 1 aliphatic heterocycles. The number of aliphatic hydroxyl groups is 1. The molecule has 1 saturated heterocycles. The van der Waals surface area contributed by atoms with E-state index in [0.717, 1.165) is 37.3 Å². The van der Waals surface area contributed by atoms with Gasteiger partial charge in [0.15, 0.2) is 0 Å². The Balaban J connectivity index is 1.95. The van der Waals surface area contributed by atoms with Crippen LogP contribution in [0.5, 0.6) is 0 Å². The zero-order chi connectivity index (χ0) is 9.80. The van der Waals surface area contributed by atoms with Gasteiger partial charge < -0.3 is 9.84 Å². The highest BCUT2D eigenvalue weighted by Gasteiger charge is 2.16. The van der Waals surface area contributed by atoms with Crippen LogP contribution in [0.25, 0.3) is 0 Å². The summed E-state index contributed by atoms with van der Waals surface area (Å²) in [5.41, 5.74) is 1.97. The largest absolute Gasteiger partial charge is 0.392 e. The first-order valence-electron chi connectivity index (χ1n) is 5.01. The lowest BCUT2D eigenvalue weighted by atomic mass is 10.0. The smallest absolute Gasteiger partial charge is 0.0696 e. The van der Waals surface area contributed by atoms with Gasteiger partial charge in [-0.15, -0.1) is 0 Å². The van der Waals surface area contributed by atoms with E-state index in [4.69, 9.17) is 9.84 Å². The predicted molar refractivity (Wildman–Crippen MR) is 52.8 cm³/mol. The van der Waals surface area contributed by atoms with E-state index in [-0.39, 0.29) is 6.61 Å². The standard InChI is InChI=1S/C11H15NO2/c13-7-10-1-2-11(12-6-10)5-9-3-4-14-8-9/h1-2,6,9,13H,3-5,7-8H2. The maximum absolute atomic E-state index is 8.85. The Hall–Kier alpha value is -0.930. The molecule has 1 aliphatic rings. The van der Waals surface area contributed by atoms with Gasteiger partial charge in [0, 0.05) is 25.1 Å². The Bertz CT molecular complexity index is 278. The molecule has 3 nitrogen and oxygen atoms in total. The lowest BCUT2D eigenvalue weighted by molar-refractivity contribution is 0.185. The van der Waals surface area contributed by atoms with Gasteiger partial charge in [0.25, 0.3) is 0 Å². The van der Waals surface area contributed by atoms with Crippen LogP contribution in [0.15, 0.2) is 18.3 Å². The fourth-order valence-electron chi connectivity index (χ4n) is 1.71. The van der Waals surface area contributed by atoms with Crippen LogP contribution in [0, 0.1) is 5.92 Å². The third-order valence-corrected chi connectivity index (χ3v) is 2.59. The summed E-state index contributed by atoms with van der Waals surface area (Å²) in [5.74, 6) is 0.627. The first-order valence-corrected chi connectivity index (χ1v) is 5.01. The molecule has 1 fully saturated rings. The van der Waals surface area contributed by atoms with E-state index in [1.807, 2.05) is 12.1 Å². The van der Waals surface area contributed by atoms with Gasteiger partial charge in [-0.05, 0) is 30.4 Å². The Morgan fingerprint density at radius 3 is 3.00 bits per heavy atom. The van der Waals surface area contributed by atoms with Crippen LogP contribution in [-0.4, -0.2) is 23.3 Å². The lowest BCUT2D eigenvalue weighted by Crippen LogP contribution is -2.05. The van der Waals surface area contributed by atoms with E-state index < -0.39 is 0 Å². The number of hydrogen-bond donors (Lipinski definition) is 1. The Kier molecular flexibility index (Phi) is 3.11. The molecule has 3 heteroatoms. The molecule has 76 valence electrons. The van der Waals surface area contributed by atoms with E-state index in [0.29, 0.717) is 5.92 Å². The molecule has 2 heterocycles. The zero-order valence-corrected chi connectivity index (χ0v) is 8.15. The molecule has 1 atom stereocenters. The summed E-state index contributed by atoms with van der Waals surface area (Å²) in [7, 11) is 0. The quantitative estimate of drug-likeness (QED) is 0.783. The van der Waals surface area contributed by atoms with Gasteiger partial charge in [-0.3, -0.25) is 4.98 Å². The lowest BCUT2D eigenvalue weighted by Gasteiger charge is -2.06. The topological polar surface area (TPSA) is 42.4 Å². The molecule has 0 bridgehead atoms. The van der Waals surface area contributed by atoms with Crippen LogP contribution >= 0.6 is 0 Å². The van der Waals surface area contributed by atoms with Crippen LogP contribution in [0.3, 0.4) is 0 Å². The van der Waals surface area contributed by atoms with Crippen molar-refractivity contribution in [3.63, 3.8) is 0 Å². The normalized spacial score (nSPS) is 21.4. The maximum atomic E-state index is 8.85. The van der Waals surface area contributed by atoms with Gasteiger partial charge in [0.2, 0.25) is 0 Å². The van der Waals surface area contributed by atoms with Gasteiger partial charge in [0.05, 0.1) is 6.61 Å². The van der Waals surface area contributed by atoms with Gasteiger partial charge in [0.1, 0.15) is 0 Å². The van der Waals surface area contributed by atoms with E-state index in [1.54, 1.807) is 6.20 Å². The van der Waals surface area contributed by atoms with Gasteiger partial charge in [-0.2, -0.15) is 0 Å². The molecule has 0 radical (unpaired) electrons. The molecule has 1 N–H and O–H groups in total. The molecule has 2 rings (SSSR count). The molecule has 0 amide bonds. The van der Waals surface area contributed by atoms with E-state index in [1.165, 1.54) is 0 Å². The van der Waals surface area contributed by atoms with E-state index in [2.05, 4.69) is 4.98 Å². The summed E-state index contributed by atoms with van der Waals surface area (Å²) in [6.45, 7) is 1.82. The van der Waals surface area contributed by atoms with Crippen molar-refractivity contribution >= 4 is 0 Å². The van der Waals surface area contributed by atoms with Crippen LogP contribution in [0.2, 0.25) is 0 Å². The number of pyridine rings is 1. The minimum atomic E-state index is 0.0693. The number of aliphatic hydroxyl groups excluding tert-OH is 1. The van der Waals surface area contributed by atoms with Crippen molar-refractivity contribution in [3.8, 4) is 0 Å². The van der Waals surface area contributed by atoms with Gasteiger partial charge in [-0.1, -0.05) is 6.07 Å². The second-order valence-electron chi connectivity index (χ2n) is 3.75. The monoisotopic (exact) mass is 193 g/mol. The third kappa shape index (κ3) is 2.30. The van der Waals surface area contributed by atoms with Crippen LogP contribution in [0.4, 0.5) is 0 Å². The Morgan fingerprint density at radius 2 is 2.43 bits per heavy atom. The predicted octanol–water partition coefficient (Wildman–Crippen LogP) is 1.15. The second-order valence-corrected chi connectivity index (χ2v) is 3.75. The first kappa shape index (κ1) is 9.62. The fraction of sp³-hybridized carbons (Fsp3) is 0.545. The average molecular weight is 193 g/mol. The number of rotatable bonds is 3. The van der Waals surface area contributed by atoms with E-state index >= 15 is 0 Å². The highest BCUT2D eigenvalue weighted by Crippen LogP contribution is 2.17. The molecule has 1 unspecified atom stereocenters. The SMILES string of the molecule is OCc1ccc(CC2CCOC2)nc1. The molecule has 1 aromatic rings. The van der Waals surface area contributed by atoms with Gasteiger partial charge >= 0.3 is 0 Å². The van der Waals surface area contributed by atoms with Crippen molar-refractivity contribution < 1.29 is 9.84 Å². The fourth-order valence-corrected chi connectivity index (χ4v) is 1.71. The zero-order valence-electron chi connectivity index (χ0n) is 8.15. The summed E-state index contributed by atoms with van der Waals surface area (Å²) >= 11 is 0. The minimum Gasteiger partial charge on any atom is -0.392 e. The van der Waals surface area contributed by atoms with Crippen LogP contribution < -0.4 is 0 Å². The third-order valence-electron chi connectivity index (χ3n) is 2.59. The summed E-state index contributed by atoms with van der Waals surface area (Å²) in [6.07, 6.45) is 3.88. The minimum absolute atomic E-state index is 0.0693. The maximum Gasteiger partial charge on any atom is 0.0696 e. The van der Waals surface area contributed by atoms with E-state index in [9.17, 15) is 0 Å². The average Bonchev–Trinajstić information content (AvgIpc) is 2.72. The first-order chi connectivity index (χ1) is 6.88. The molecule has 0 saturated carbocycles. The van der Waals surface area contributed by atoms with Gasteiger partial charge in [-0.25, -0.2) is 0 Å². The number of nitrogens with zero attached hydrogens (tertiary/aromatic N) is 1. The van der Waals surface area contributed by atoms with Crippen molar-refractivity contribution in [1.82, 2.24) is 4.98 Å². The Labute approximate surface area is 83.7 Å². The van der Waals surface area contributed by atoms with Crippen LogP contribution in [-0.2, 0) is 17.8 Å².